The third-order valence-corrected chi connectivity index (χ3v) is 2.29. The van der Waals surface area contributed by atoms with Crippen LogP contribution in [0.5, 0.6) is 0 Å². The number of rotatable bonds is 9. The van der Waals surface area contributed by atoms with Crippen LogP contribution in [0, 0.1) is 0 Å². The number of esters is 1. The predicted octanol–water partition coefficient (Wildman–Crippen LogP) is 2.73. The molecule has 0 bridgehead atoms. The summed E-state index contributed by atoms with van der Waals surface area (Å²) >= 11 is 0. The Balaban J connectivity index is 1.99. The van der Waals surface area contributed by atoms with Crippen LogP contribution in [0.4, 0.5) is 0 Å². The van der Waals surface area contributed by atoms with Gasteiger partial charge in [-0.3, -0.25) is 0 Å². The third-order valence-electron chi connectivity index (χ3n) is 2.29. The van der Waals surface area contributed by atoms with Gasteiger partial charge in [0, 0.05) is 0 Å². The van der Waals surface area contributed by atoms with Crippen LogP contribution in [0.1, 0.15) is 19.4 Å². The first-order valence-electron chi connectivity index (χ1n) is 6.72. The van der Waals surface area contributed by atoms with Gasteiger partial charge in [-0.05, 0) is 19.4 Å². The van der Waals surface area contributed by atoms with Crippen LogP contribution in [0.25, 0.3) is 0 Å². The number of carbonyl (C=O) groups excluding carboxylic acids is 1. The number of benzene rings is 1. The van der Waals surface area contributed by atoms with E-state index in [0.29, 0.717) is 19.8 Å². The molecule has 1 rings (SSSR count). The van der Waals surface area contributed by atoms with Crippen molar-refractivity contribution in [2.75, 3.05) is 19.8 Å². The van der Waals surface area contributed by atoms with E-state index in [0.717, 1.165) is 5.56 Å². The van der Waals surface area contributed by atoms with Crippen molar-refractivity contribution < 1.29 is 19.0 Å². The lowest BCUT2D eigenvalue weighted by Crippen LogP contribution is -2.17. The number of ether oxygens (including phenoxy) is 3. The van der Waals surface area contributed by atoms with Gasteiger partial charge in [0.15, 0.2) is 0 Å². The monoisotopic (exact) mass is 278 g/mol. The lowest BCUT2D eigenvalue weighted by Gasteiger charge is -2.07. The molecule has 0 atom stereocenters. The smallest absolute Gasteiger partial charge is 0.332 e. The molecular formula is C16H22O4. The molecule has 0 aliphatic rings. The average molecular weight is 278 g/mol. The van der Waals surface area contributed by atoms with Gasteiger partial charge in [-0.15, -0.1) is 0 Å². The molecular weight excluding hydrogens is 256 g/mol. The Bertz CT molecular complexity index is 398. The fraction of sp³-hybridized carbons (Fsp3) is 0.438. The van der Waals surface area contributed by atoms with E-state index in [4.69, 9.17) is 14.2 Å². The Morgan fingerprint density at radius 3 is 2.40 bits per heavy atom. The van der Waals surface area contributed by atoms with Crippen LogP contribution in [0.3, 0.4) is 0 Å². The van der Waals surface area contributed by atoms with E-state index in [1.54, 1.807) is 0 Å². The summed E-state index contributed by atoms with van der Waals surface area (Å²) in [7, 11) is 0. The van der Waals surface area contributed by atoms with Crippen molar-refractivity contribution in [3.8, 4) is 0 Å². The summed E-state index contributed by atoms with van der Waals surface area (Å²) in [6.07, 6.45) is 3.60. The first-order valence-corrected chi connectivity index (χ1v) is 6.72. The highest BCUT2D eigenvalue weighted by Gasteiger charge is 2.03. The van der Waals surface area contributed by atoms with Crippen LogP contribution < -0.4 is 0 Å². The minimum atomic E-state index is -0.339. The molecule has 0 radical (unpaired) electrons. The maximum Gasteiger partial charge on any atom is 0.332 e. The minimum Gasteiger partial charge on any atom is -0.461 e. The fourth-order valence-electron chi connectivity index (χ4n) is 1.46. The zero-order valence-electron chi connectivity index (χ0n) is 12.1. The maximum absolute atomic E-state index is 11.1. The normalized spacial score (nSPS) is 11.2. The molecule has 0 aliphatic carbocycles. The van der Waals surface area contributed by atoms with Gasteiger partial charge in [-0.1, -0.05) is 42.5 Å². The average Bonchev–Trinajstić information content (AvgIpc) is 2.42. The first kappa shape index (κ1) is 16.4. The van der Waals surface area contributed by atoms with Crippen molar-refractivity contribution in [3.05, 3.63) is 48.0 Å². The van der Waals surface area contributed by atoms with Gasteiger partial charge in [-0.25, -0.2) is 4.79 Å². The van der Waals surface area contributed by atoms with Crippen LogP contribution in [-0.2, 0) is 25.6 Å². The minimum absolute atomic E-state index is 0.0204. The molecule has 0 saturated heterocycles. The Morgan fingerprint density at radius 1 is 1.10 bits per heavy atom. The summed E-state index contributed by atoms with van der Waals surface area (Å²) in [6, 6.07) is 9.99. The number of hydrogen-bond donors (Lipinski definition) is 0. The second-order valence-electron chi connectivity index (χ2n) is 4.53. The second-order valence-corrected chi connectivity index (χ2v) is 4.53. The highest BCUT2D eigenvalue weighted by molar-refractivity contribution is 5.70. The van der Waals surface area contributed by atoms with Gasteiger partial charge < -0.3 is 14.2 Å². The summed E-state index contributed by atoms with van der Waals surface area (Å²) in [4.78, 5) is 11.1. The van der Waals surface area contributed by atoms with Gasteiger partial charge >= 0.3 is 5.97 Å². The molecule has 0 saturated carbocycles. The number of carbonyl (C=O) groups is 1. The zero-order valence-corrected chi connectivity index (χ0v) is 12.1. The molecule has 4 nitrogen and oxygen atoms in total. The van der Waals surface area contributed by atoms with E-state index in [1.165, 1.54) is 0 Å². The predicted molar refractivity (Wildman–Crippen MR) is 77.3 cm³/mol. The fourth-order valence-corrected chi connectivity index (χ4v) is 1.46. The van der Waals surface area contributed by atoms with Gasteiger partial charge in [0.05, 0.1) is 25.9 Å². The summed E-state index contributed by atoms with van der Waals surface area (Å²) < 4.78 is 15.5. The van der Waals surface area contributed by atoms with E-state index in [-0.39, 0.29) is 18.7 Å². The van der Waals surface area contributed by atoms with Gasteiger partial charge in [0.2, 0.25) is 0 Å². The quantitative estimate of drug-likeness (QED) is 0.396. The molecule has 0 N–H and O–H groups in total. The molecule has 0 aliphatic heterocycles. The standard InChI is InChI=1S/C16H22O4/c1-14(2)20-16(17)13-19-11-7-6-10-18-12-15-8-4-3-5-9-15/h3-9,14H,10-13H2,1-2H3/b7-6-. The van der Waals surface area contributed by atoms with E-state index < -0.39 is 0 Å². The van der Waals surface area contributed by atoms with Crippen molar-refractivity contribution in [1.29, 1.82) is 0 Å². The molecule has 20 heavy (non-hydrogen) atoms. The Hall–Kier alpha value is -1.65. The van der Waals surface area contributed by atoms with E-state index in [2.05, 4.69) is 0 Å². The molecule has 110 valence electrons. The Kier molecular flexibility index (Phi) is 8.35. The number of hydrogen-bond acceptors (Lipinski definition) is 4. The molecule has 0 unspecified atom stereocenters. The SMILES string of the molecule is CC(C)OC(=O)COC/C=C\COCc1ccccc1. The van der Waals surface area contributed by atoms with E-state index >= 15 is 0 Å². The van der Waals surface area contributed by atoms with Gasteiger partial charge in [0.25, 0.3) is 0 Å². The molecule has 4 heteroatoms. The van der Waals surface area contributed by atoms with E-state index in [9.17, 15) is 4.79 Å². The highest BCUT2D eigenvalue weighted by atomic mass is 16.6. The summed E-state index contributed by atoms with van der Waals surface area (Å²) in [5.41, 5.74) is 1.15. The summed E-state index contributed by atoms with van der Waals surface area (Å²) in [6.45, 7) is 5.08. The Morgan fingerprint density at radius 2 is 1.75 bits per heavy atom. The molecule has 1 aromatic rings. The zero-order chi connectivity index (χ0) is 14.6. The highest BCUT2D eigenvalue weighted by Crippen LogP contribution is 2.00. The van der Waals surface area contributed by atoms with Crippen molar-refractivity contribution in [1.82, 2.24) is 0 Å². The lowest BCUT2D eigenvalue weighted by atomic mass is 10.2. The first-order chi connectivity index (χ1) is 9.68. The molecule has 0 heterocycles. The molecule has 0 amide bonds. The van der Waals surface area contributed by atoms with E-state index in [1.807, 2.05) is 56.3 Å². The molecule has 0 spiro atoms. The molecule has 0 aromatic heterocycles. The lowest BCUT2D eigenvalue weighted by molar-refractivity contribution is -0.152. The van der Waals surface area contributed by atoms with Gasteiger partial charge in [0.1, 0.15) is 6.61 Å². The van der Waals surface area contributed by atoms with Crippen LogP contribution in [0.2, 0.25) is 0 Å². The van der Waals surface area contributed by atoms with Crippen molar-refractivity contribution in [3.63, 3.8) is 0 Å². The van der Waals surface area contributed by atoms with Crippen LogP contribution in [-0.4, -0.2) is 31.9 Å². The topological polar surface area (TPSA) is 44.8 Å². The Labute approximate surface area is 120 Å². The summed E-state index contributed by atoms with van der Waals surface area (Å²) in [5.74, 6) is -0.339. The van der Waals surface area contributed by atoms with Crippen molar-refractivity contribution in [2.24, 2.45) is 0 Å². The van der Waals surface area contributed by atoms with Crippen LogP contribution >= 0.6 is 0 Å². The summed E-state index contributed by atoms with van der Waals surface area (Å²) in [5, 5.41) is 0. The molecule has 0 fully saturated rings. The largest absolute Gasteiger partial charge is 0.461 e. The maximum atomic E-state index is 11.1. The van der Waals surface area contributed by atoms with Crippen molar-refractivity contribution >= 4 is 5.97 Å². The van der Waals surface area contributed by atoms with Crippen molar-refractivity contribution in [2.45, 2.75) is 26.6 Å². The molecule has 1 aromatic carbocycles. The second kappa shape index (κ2) is 10.2. The third kappa shape index (κ3) is 8.45. The van der Waals surface area contributed by atoms with Gasteiger partial charge in [-0.2, -0.15) is 0 Å². The van der Waals surface area contributed by atoms with Crippen LogP contribution in [0.15, 0.2) is 42.5 Å².